The minimum atomic E-state index is -2.21. The van der Waals surface area contributed by atoms with Crippen molar-refractivity contribution in [1.29, 1.82) is 0 Å². The minimum absolute atomic E-state index is 0.0951. The number of ether oxygens (including phenoxy) is 1. The fourth-order valence-corrected chi connectivity index (χ4v) is 3.10. The quantitative estimate of drug-likeness (QED) is 0.265. The fourth-order valence-electron chi connectivity index (χ4n) is 3.10. The van der Waals surface area contributed by atoms with Crippen LogP contribution >= 0.6 is 0 Å². The van der Waals surface area contributed by atoms with Gasteiger partial charge in [-0.1, -0.05) is 47.5 Å². The molecule has 0 spiro atoms. The summed E-state index contributed by atoms with van der Waals surface area (Å²) >= 11 is 0. The van der Waals surface area contributed by atoms with Crippen molar-refractivity contribution in [3.8, 4) is 0 Å². The largest absolute Gasteiger partial charge is 0.459 e. The Hall–Kier alpha value is -3.56. The molecule has 2 aromatic rings. The van der Waals surface area contributed by atoms with Crippen LogP contribution in [0.1, 0.15) is 45.5 Å². The highest BCUT2D eigenvalue weighted by molar-refractivity contribution is 6.21. The van der Waals surface area contributed by atoms with Crippen molar-refractivity contribution in [2.75, 3.05) is 6.54 Å². The lowest BCUT2D eigenvalue weighted by Gasteiger charge is -2.26. The van der Waals surface area contributed by atoms with Gasteiger partial charge in [0.1, 0.15) is 6.61 Å². The van der Waals surface area contributed by atoms with Crippen LogP contribution in [-0.4, -0.2) is 40.9 Å². The van der Waals surface area contributed by atoms with Gasteiger partial charge in [0.15, 0.2) is 0 Å². The minimum Gasteiger partial charge on any atom is -0.459 e. The molecule has 0 fully saturated rings. The first-order chi connectivity index (χ1) is 14.9. The molecule has 31 heavy (non-hydrogen) atoms. The number of amides is 2. The van der Waals surface area contributed by atoms with Gasteiger partial charge in [-0.15, -0.1) is 0 Å². The van der Waals surface area contributed by atoms with Gasteiger partial charge in [-0.2, -0.15) is 0 Å². The molecule has 0 aromatic heterocycles. The second-order valence-corrected chi connectivity index (χ2v) is 7.11. The number of carbonyl (C=O) groups excluding carboxylic acids is 4. The van der Waals surface area contributed by atoms with E-state index in [4.69, 9.17) is 21.0 Å². The number of carbonyl (C=O) groups is 4. The van der Waals surface area contributed by atoms with Gasteiger partial charge in [0.05, 0.1) is 11.1 Å². The van der Waals surface area contributed by atoms with Crippen LogP contribution in [0.4, 0.5) is 0 Å². The lowest BCUT2D eigenvalue weighted by Crippen LogP contribution is -2.58. The van der Waals surface area contributed by atoms with Crippen LogP contribution in [0.5, 0.6) is 0 Å². The van der Waals surface area contributed by atoms with Gasteiger partial charge in [0.25, 0.3) is 11.8 Å². The molecule has 1 heterocycles. The topological polar surface area (TPSA) is 142 Å². The van der Waals surface area contributed by atoms with Gasteiger partial charge < -0.3 is 21.0 Å². The molecule has 0 bridgehead atoms. The number of hydroxylamine groups is 2. The third-order valence-electron chi connectivity index (χ3n) is 4.90. The number of nitrogens with zero attached hydrogens (tertiary/aromatic N) is 1. The third kappa shape index (κ3) is 4.62. The zero-order valence-corrected chi connectivity index (χ0v) is 16.8. The Morgan fingerprint density at radius 3 is 2.03 bits per heavy atom. The monoisotopic (exact) mass is 425 g/mol. The number of nitrogens with two attached hydrogens (primary N) is 2. The van der Waals surface area contributed by atoms with E-state index < -0.39 is 29.3 Å². The Labute approximate surface area is 178 Å². The Balaban J connectivity index is 1.75. The molecule has 0 radical (unpaired) electrons. The number of fused-ring (bicyclic) bond motifs is 1. The van der Waals surface area contributed by atoms with E-state index in [1.807, 2.05) is 6.07 Å². The van der Waals surface area contributed by atoms with Crippen molar-refractivity contribution < 1.29 is 28.8 Å². The van der Waals surface area contributed by atoms with E-state index >= 15 is 0 Å². The van der Waals surface area contributed by atoms with Crippen molar-refractivity contribution in [1.82, 2.24) is 5.06 Å². The smallest absolute Gasteiger partial charge is 0.364 e. The van der Waals surface area contributed by atoms with E-state index in [9.17, 15) is 19.2 Å². The number of rotatable bonds is 9. The molecular formula is C22H23N3O6. The summed E-state index contributed by atoms with van der Waals surface area (Å²) in [6.45, 7) is 0.235. The van der Waals surface area contributed by atoms with Gasteiger partial charge in [-0.25, -0.2) is 9.59 Å². The number of esters is 1. The molecular weight excluding hydrogens is 402 g/mol. The maximum Gasteiger partial charge on any atom is 0.364 e. The zero-order chi connectivity index (χ0) is 22.4. The Morgan fingerprint density at radius 2 is 1.45 bits per heavy atom. The van der Waals surface area contributed by atoms with Crippen LogP contribution in [0.3, 0.4) is 0 Å². The Bertz CT molecular complexity index is 959. The van der Waals surface area contributed by atoms with Crippen LogP contribution < -0.4 is 11.5 Å². The Morgan fingerprint density at radius 1 is 0.871 bits per heavy atom. The molecule has 0 unspecified atom stereocenters. The van der Waals surface area contributed by atoms with Crippen molar-refractivity contribution in [3.05, 3.63) is 71.3 Å². The van der Waals surface area contributed by atoms with Gasteiger partial charge in [-0.05, 0) is 43.5 Å². The first kappa shape index (κ1) is 22.1. The molecule has 3 rings (SSSR count). The van der Waals surface area contributed by atoms with Crippen molar-refractivity contribution in [3.63, 3.8) is 0 Å². The van der Waals surface area contributed by atoms with Crippen molar-refractivity contribution in [2.45, 2.75) is 31.4 Å². The van der Waals surface area contributed by atoms with Crippen molar-refractivity contribution in [2.24, 2.45) is 11.5 Å². The second-order valence-electron chi connectivity index (χ2n) is 7.11. The highest BCUT2D eigenvalue weighted by Gasteiger charge is 2.49. The van der Waals surface area contributed by atoms with E-state index in [0.29, 0.717) is 30.0 Å². The molecule has 1 aliphatic rings. The highest BCUT2D eigenvalue weighted by atomic mass is 16.7. The molecule has 9 heteroatoms. The molecule has 162 valence electrons. The molecule has 9 nitrogen and oxygen atoms in total. The Kier molecular flexibility index (Phi) is 6.78. The van der Waals surface area contributed by atoms with Crippen LogP contribution in [0.25, 0.3) is 0 Å². The summed E-state index contributed by atoms with van der Waals surface area (Å²) in [6.07, 6.45) is 0.718. The summed E-state index contributed by atoms with van der Waals surface area (Å²) < 4.78 is 5.24. The van der Waals surface area contributed by atoms with Gasteiger partial charge >= 0.3 is 11.9 Å². The van der Waals surface area contributed by atoms with E-state index in [1.165, 1.54) is 12.1 Å². The number of hydrogen-bond acceptors (Lipinski definition) is 8. The summed E-state index contributed by atoms with van der Waals surface area (Å²) in [7, 11) is 0. The van der Waals surface area contributed by atoms with Crippen LogP contribution in [0, 0.1) is 0 Å². The lowest BCUT2D eigenvalue weighted by atomic mass is 9.94. The van der Waals surface area contributed by atoms with E-state index in [1.54, 1.807) is 36.4 Å². The molecule has 0 saturated heterocycles. The maximum atomic E-state index is 12.9. The summed E-state index contributed by atoms with van der Waals surface area (Å²) in [5, 5.41) is 0.321. The molecule has 1 aliphatic heterocycles. The highest BCUT2D eigenvalue weighted by Crippen LogP contribution is 2.25. The SMILES string of the molecule is NCCCC[C@@](N)(C(=O)OCc1ccccc1)C(=O)ON1C(=O)c2ccccc2C1=O. The molecule has 0 aliphatic carbocycles. The predicted octanol–water partition coefficient (Wildman–Crippen LogP) is 1.31. The van der Waals surface area contributed by atoms with E-state index in [-0.39, 0.29) is 24.2 Å². The van der Waals surface area contributed by atoms with E-state index in [2.05, 4.69) is 0 Å². The molecule has 0 saturated carbocycles. The molecule has 2 aromatic carbocycles. The van der Waals surface area contributed by atoms with Crippen LogP contribution in [0.15, 0.2) is 54.6 Å². The third-order valence-corrected chi connectivity index (χ3v) is 4.90. The van der Waals surface area contributed by atoms with Gasteiger partial charge in [0, 0.05) is 0 Å². The summed E-state index contributed by atoms with van der Waals surface area (Å²) in [5.74, 6) is -3.89. The van der Waals surface area contributed by atoms with E-state index in [0.717, 1.165) is 0 Å². The number of unbranched alkanes of at least 4 members (excludes halogenated alkanes) is 1. The zero-order valence-electron chi connectivity index (χ0n) is 16.8. The first-order valence-electron chi connectivity index (χ1n) is 9.79. The molecule has 2 amide bonds. The van der Waals surface area contributed by atoms with Crippen LogP contribution in [0.2, 0.25) is 0 Å². The second kappa shape index (κ2) is 9.50. The summed E-state index contributed by atoms with van der Waals surface area (Å²) in [4.78, 5) is 55.6. The van der Waals surface area contributed by atoms with Gasteiger partial charge in [0.2, 0.25) is 5.54 Å². The number of imide groups is 1. The molecule has 1 atom stereocenters. The normalized spacial score (nSPS) is 14.7. The fraction of sp³-hybridized carbons (Fsp3) is 0.273. The average molecular weight is 425 g/mol. The summed E-state index contributed by atoms with van der Waals surface area (Å²) in [5.41, 5.74) is 10.3. The van der Waals surface area contributed by atoms with Crippen LogP contribution in [-0.2, 0) is 25.8 Å². The molecule has 4 N–H and O–H groups in total. The van der Waals surface area contributed by atoms with Crippen molar-refractivity contribution >= 4 is 23.8 Å². The number of benzene rings is 2. The predicted molar refractivity (Wildman–Crippen MR) is 109 cm³/mol. The average Bonchev–Trinajstić information content (AvgIpc) is 3.03. The lowest BCUT2D eigenvalue weighted by molar-refractivity contribution is -0.182. The summed E-state index contributed by atoms with van der Waals surface area (Å²) in [6, 6.07) is 14.9. The maximum absolute atomic E-state index is 12.9. The van der Waals surface area contributed by atoms with Gasteiger partial charge in [-0.3, -0.25) is 9.59 Å². The number of hydrogen-bond donors (Lipinski definition) is 2. The standard InChI is InChI=1S/C22H23N3O6/c23-13-7-6-12-22(24,20(28)30-14-15-8-2-1-3-9-15)21(29)31-25-18(26)16-10-4-5-11-17(16)19(25)27/h1-5,8-11H,6-7,12-14,23-24H2/t22-/m1/s1. The first-order valence-corrected chi connectivity index (χ1v) is 9.79.